The summed E-state index contributed by atoms with van der Waals surface area (Å²) in [6.45, 7) is 6.96. The highest BCUT2D eigenvalue weighted by atomic mass is 35.5. The lowest BCUT2D eigenvalue weighted by molar-refractivity contribution is -0.137. The number of nitrogens with zero attached hydrogens (tertiary/aromatic N) is 4. The standard InChI is InChI=1S/C61H66ClN7O10/c1-37(2)58(66-53(70)18-6-5-10-26-68-54(71)23-24-55(68)72)60(75)64-38(3)59(74)65-43-21-19-39(20-22-43)35-78-50-31-49-57(46-17-8-7-16-45(46)50)42(32-62)34-69(49)56(73)28-40-13-12-14-41(27-40)36-79-52-30-48-47(29-51(52)77-4)61(76)67-25-11-9-15-44(67)33-63-48/h7-8,12-14,16-17,19-24,27,29-31,33,37-38,42,44,58H,5-6,9-11,15,18,25-26,28,32,34-36H2,1-4H3,(H,64,75)(H,65,74)(H,66,70)/t38-,42+,44-,58-/m0/s1. The predicted octanol–water partition coefficient (Wildman–Crippen LogP) is 8.70. The first kappa shape index (κ1) is 55.7. The summed E-state index contributed by atoms with van der Waals surface area (Å²) in [4.78, 5) is 100. The van der Waals surface area contributed by atoms with Crippen LogP contribution in [0.5, 0.6) is 17.2 Å². The Morgan fingerprint density at radius 3 is 2.24 bits per heavy atom. The van der Waals surface area contributed by atoms with E-state index in [1.54, 1.807) is 57.0 Å². The largest absolute Gasteiger partial charge is 0.493 e. The molecule has 0 unspecified atom stereocenters. The topological polar surface area (TPSA) is 205 Å². The fourth-order valence-electron chi connectivity index (χ4n) is 10.6. The monoisotopic (exact) mass is 1090 g/mol. The molecule has 4 aliphatic rings. The van der Waals surface area contributed by atoms with Crippen molar-refractivity contribution in [3.63, 3.8) is 0 Å². The third-order valence-electron chi connectivity index (χ3n) is 14.9. The zero-order valence-electron chi connectivity index (χ0n) is 44.9. The molecule has 0 saturated carbocycles. The lowest BCUT2D eigenvalue weighted by Gasteiger charge is -2.32. The number of hydrogen-bond acceptors (Lipinski definition) is 11. The van der Waals surface area contributed by atoms with Gasteiger partial charge in [-0.05, 0) is 90.8 Å². The number of rotatable bonds is 22. The number of alkyl halides is 1. The smallest absolute Gasteiger partial charge is 0.256 e. The molecule has 4 atom stereocenters. The van der Waals surface area contributed by atoms with E-state index in [9.17, 15) is 33.6 Å². The third kappa shape index (κ3) is 12.9. The Bertz CT molecular complexity index is 3200. The van der Waals surface area contributed by atoms with Gasteiger partial charge < -0.3 is 40.0 Å². The summed E-state index contributed by atoms with van der Waals surface area (Å²) in [5, 5.41) is 10.2. The second kappa shape index (κ2) is 25.2. The Morgan fingerprint density at radius 1 is 0.759 bits per heavy atom. The lowest BCUT2D eigenvalue weighted by Crippen LogP contribution is -2.53. The minimum absolute atomic E-state index is 0.0259. The molecule has 5 aromatic rings. The van der Waals surface area contributed by atoms with E-state index in [2.05, 4.69) is 16.0 Å². The van der Waals surface area contributed by atoms with Gasteiger partial charge in [-0.1, -0.05) is 80.9 Å². The fourth-order valence-corrected chi connectivity index (χ4v) is 10.8. The van der Waals surface area contributed by atoms with Crippen molar-refractivity contribution in [3.05, 3.63) is 131 Å². The number of unbranched alkanes of at least 4 members (excludes halogenated alkanes) is 2. The molecule has 1 fully saturated rings. The van der Waals surface area contributed by atoms with Gasteiger partial charge in [-0.25, -0.2) is 0 Å². The maximum atomic E-state index is 14.4. The molecule has 412 valence electrons. The molecule has 4 aliphatic heterocycles. The third-order valence-corrected chi connectivity index (χ3v) is 15.3. The number of fused-ring (bicyclic) bond motifs is 5. The van der Waals surface area contributed by atoms with E-state index in [0.717, 1.165) is 58.0 Å². The van der Waals surface area contributed by atoms with E-state index in [1.165, 1.54) is 17.1 Å². The fraction of sp³-hybridized carbons (Fsp3) is 0.377. The maximum Gasteiger partial charge on any atom is 0.256 e. The predicted molar refractivity (Wildman–Crippen MR) is 302 cm³/mol. The first-order valence-corrected chi connectivity index (χ1v) is 27.6. The van der Waals surface area contributed by atoms with Gasteiger partial charge in [0.1, 0.15) is 31.0 Å². The molecule has 0 bridgehead atoms. The number of methoxy groups -OCH3 is 1. The molecule has 18 heteroatoms. The Labute approximate surface area is 464 Å². The first-order chi connectivity index (χ1) is 38.2. The van der Waals surface area contributed by atoms with Crippen LogP contribution in [0.1, 0.15) is 104 Å². The number of aliphatic imine (C=N–C) groups is 1. The molecular formula is C61H66ClN7O10. The minimum Gasteiger partial charge on any atom is -0.493 e. The number of hydrogen-bond donors (Lipinski definition) is 3. The molecule has 7 amide bonds. The highest BCUT2D eigenvalue weighted by Gasteiger charge is 2.36. The zero-order chi connectivity index (χ0) is 55.7. The molecule has 17 nitrogen and oxygen atoms in total. The highest BCUT2D eigenvalue weighted by molar-refractivity contribution is 6.19. The van der Waals surface area contributed by atoms with Gasteiger partial charge in [0.05, 0.1) is 36.5 Å². The van der Waals surface area contributed by atoms with Crippen molar-refractivity contribution in [2.45, 2.75) is 109 Å². The average Bonchev–Trinajstić information content (AvgIpc) is 4.22. The van der Waals surface area contributed by atoms with Crippen LogP contribution in [0.4, 0.5) is 17.1 Å². The summed E-state index contributed by atoms with van der Waals surface area (Å²) < 4.78 is 18.5. The van der Waals surface area contributed by atoms with Crippen molar-refractivity contribution >= 4 is 87.0 Å². The second-order valence-corrected chi connectivity index (χ2v) is 21.1. The molecule has 4 heterocycles. The van der Waals surface area contributed by atoms with Crippen LogP contribution in [-0.2, 0) is 48.4 Å². The summed E-state index contributed by atoms with van der Waals surface area (Å²) in [6, 6.07) is 26.4. The molecule has 1 saturated heterocycles. The number of carbonyl (C=O) groups excluding carboxylic acids is 7. The maximum absolute atomic E-state index is 14.4. The number of benzene rings is 5. The molecule has 9 rings (SSSR count). The van der Waals surface area contributed by atoms with Gasteiger partial charge in [0.15, 0.2) is 11.5 Å². The van der Waals surface area contributed by atoms with Crippen LogP contribution < -0.4 is 35.1 Å². The van der Waals surface area contributed by atoms with Crippen molar-refractivity contribution < 1.29 is 47.8 Å². The number of halogens is 1. The molecule has 5 aromatic carbocycles. The van der Waals surface area contributed by atoms with Gasteiger partial charge in [0.2, 0.25) is 23.6 Å². The minimum atomic E-state index is -0.919. The normalized spacial score (nSPS) is 17.2. The van der Waals surface area contributed by atoms with E-state index < -0.39 is 23.9 Å². The summed E-state index contributed by atoms with van der Waals surface area (Å²) in [6.07, 6.45) is 9.25. The van der Waals surface area contributed by atoms with E-state index in [4.69, 9.17) is 30.8 Å². The van der Waals surface area contributed by atoms with Gasteiger partial charge in [0, 0.05) is 79.4 Å². The van der Waals surface area contributed by atoms with Crippen LogP contribution in [0.15, 0.2) is 108 Å². The summed E-state index contributed by atoms with van der Waals surface area (Å²) in [5.74, 6) is -0.599. The highest BCUT2D eigenvalue weighted by Crippen LogP contribution is 2.46. The van der Waals surface area contributed by atoms with Crippen molar-refractivity contribution in [2.75, 3.05) is 42.8 Å². The number of amides is 7. The van der Waals surface area contributed by atoms with Crippen LogP contribution in [-0.4, -0.2) is 108 Å². The van der Waals surface area contributed by atoms with Gasteiger partial charge in [-0.2, -0.15) is 0 Å². The second-order valence-electron chi connectivity index (χ2n) is 20.8. The van der Waals surface area contributed by atoms with Gasteiger partial charge in [-0.15, -0.1) is 11.6 Å². The summed E-state index contributed by atoms with van der Waals surface area (Å²) >= 11 is 6.63. The number of anilines is 2. The first-order valence-electron chi connectivity index (χ1n) is 27.0. The van der Waals surface area contributed by atoms with Crippen LogP contribution in [0.3, 0.4) is 0 Å². The Morgan fingerprint density at radius 2 is 1.49 bits per heavy atom. The van der Waals surface area contributed by atoms with Crippen LogP contribution in [0, 0.1) is 5.92 Å². The van der Waals surface area contributed by atoms with Crippen LogP contribution >= 0.6 is 11.6 Å². The number of imide groups is 1. The van der Waals surface area contributed by atoms with Crippen molar-refractivity contribution in [2.24, 2.45) is 10.9 Å². The molecule has 0 aromatic heterocycles. The molecule has 0 aliphatic carbocycles. The van der Waals surface area contributed by atoms with Gasteiger partial charge in [-0.3, -0.25) is 43.5 Å². The van der Waals surface area contributed by atoms with Crippen molar-refractivity contribution in [3.8, 4) is 17.2 Å². The Hall–Kier alpha value is -8.05. The van der Waals surface area contributed by atoms with E-state index >= 15 is 0 Å². The number of carbonyl (C=O) groups is 7. The zero-order valence-corrected chi connectivity index (χ0v) is 45.7. The summed E-state index contributed by atoms with van der Waals surface area (Å²) in [5.41, 5.74) is 5.77. The molecule has 79 heavy (non-hydrogen) atoms. The van der Waals surface area contributed by atoms with E-state index in [0.29, 0.717) is 72.4 Å². The van der Waals surface area contributed by atoms with E-state index in [1.807, 2.05) is 77.8 Å². The van der Waals surface area contributed by atoms with Crippen LogP contribution in [0.25, 0.3) is 10.8 Å². The Balaban J connectivity index is 0.792. The number of ether oxygens (including phenoxy) is 3. The lowest BCUT2D eigenvalue weighted by atomic mass is 9.95. The molecular weight excluding hydrogens is 1030 g/mol. The SMILES string of the molecule is COc1cc2c(cc1OCc1cccc(CC(=O)N3C[C@@H](CCl)c4c3cc(OCc3ccc(NC(=O)[C@H](C)NC(=O)[C@@H](NC(=O)CCCCCN5C(=O)C=CC5=O)C(C)C)cc3)c3ccccc43)c1)N=C[C@@H]1CCCCN1C2=O. The molecule has 0 spiro atoms. The Kier molecular flexibility index (Phi) is 17.7. The van der Waals surface area contributed by atoms with Gasteiger partial charge >= 0.3 is 0 Å². The summed E-state index contributed by atoms with van der Waals surface area (Å²) in [7, 11) is 1.55. The molecule has 3 N–H and O–H groups in total. The number of piperidine rings is 1. The number of nitrogens with one attached hydrogen (secondary N) is 3. The van der Waals surface area contributed by atoms with Crippen molar-refractivity contribution in [1.82, 2.24) is 20.4 Å². The average molecular weight is 1090 g/mol. The van der Waals surface area contributed by atoms with Crippen molar-refractivity contribution in [1.29, 1.82) is 0 Å². The van der Waals surface area contributed by atoms with Crippen LogP contribution in [0.2, 0.25) is 0 Å². The molecule has 0 radical (unpaired) electrons. The van der Waals surface area contributed by atoms with E-state index in [-0.39, 0.29) is 80.0 Å². The van der Waals surface area contributed by atoms with Gasteiger partial charge in [0.25, 0.3) is 17.7 Å². The quantitative estimate of drug-likeness (QED) is 0.0342.